The highest BCUT2D eigenvalue weighted by Crippen LogP contribution is 2.39. The van der Waals surface area contributed by atoms with Crippen molar-refractivity contribution in [2.24, 2.45) is 11.8 Å². The summed E-state index contributed by atoms with van der Waals surface area (Å²) in [7, 11) is 0. The maximum Gasteiger partial charge on any atom is 0.249 e. The lowest BCUT2D eigenvalue weighted by Gasteiger charge is -2.25. The van der Waals surface area contributed by atoms with Crippen molar-refractivity contribution in [3.8, 4) is 0 Å². The standard InChI is InChI=1S/C17H24N4O3S2/c1-3-13-19-20-17(26-13)18-14(22)12(8-9-25-2)21-15(23)10-6-4-5-7-11(10)16(21)24/h10-12H,3-9H2,1-2H3,(H,18,20,22)/t10-,11-,12-/m0/s1. The third-order valence-electron chi connectivity index (χ3n) is 5.08. The van der Waals surface area contributed by atoms with Crippen molar-refractivity contribution in [3.05, 3.63) is 5.01 Å². The number of rotatable bonds is 7. The van der Waals surface area contributed by atoms with Gasteiger partial charge in [-0.15, -0.1) is 10.2 Å². The van der Waals surface area contributed by atoms with Gasteiger partial charge in [0.2, 0.25) is 22.9 Å². The van der Waals surface area contributed by atoms with Crippen molar-refractivity contribution in [3.63, 3.8) is 0 Å². The lowest BCUT2D eigenvalue weighted by Crippen LogP contribution is -2.48. The highest BCUT2D eigenvalue weighted by Gasteiger charge is 2.51. The Hall–Kier alpha value is -1.48. The summed E-state index contributed by atoms with van der Waals surface area (Å²) in [6.07, 6.45) is 6.58. The molecule has 1 saturated heterocycles. The van der Waals surface area contributed by atoms with Gasteiger partial charge in [-0.2, -0.15) is 11.8 Å². The van der Waals surface area contributed by atoms with Crippen molar-refractivity contribution in [1.82, 2.24) is 15.1 Å². The Labute approximate surface area is 161 Å². The van der Waals surface area contributed by atoms with Gasteiger partial charge in [0, 0.05) is 0 Å². The van der Waals surface area contributed by atoms with Crippen molar-refractivity contribution < 1.29 is 14.4 Å². The van der Waals surface area contributed by atoms with E-state index in [1.54, 1.807) is 11.8 Å². The minimum Gasteiger partial charge on any atom is -0.299 e. The van der Waals surface area contributed by atoms with Crippen LogP contribution in [0.25, 0.3) is 0 Å². The van der Waals surface area contributed by atoms with Crippen LogP contribution in [0.3, 0.4) is 0 Å². The monoisotopic (exact) mass is 396 g/mol. The quantitative estimate of drug-likeness (QED) is 0.711. The summed E-state index contributed by atoms with van der Waals surface area (Å²) in [5.74, 6) is -0.484. The van der Waals surface area contributed by atoms with E-state index in [1.807, 2.05) is 13.2 Å². The molecular formula is C17H24N4O3S2. The molecular weight excluding hydrogens is 372 g/mol. The summed E-state index contributed by atoms with van der Waals surface area (Å²) in [6, 6.07) is -0.776. The first-order valence-electron chi connectivity index (χ1n) is 9.05. The minimum absolute atomic E-state index is 0.174. The molecule has 2 heterocycles. The lowest BCUT2D eigenvalue weighted by atomic mass is 9.81. The third kappa shape index (κ3) is 3.78. The molecule has 1 aliphatic heterocycles. The number of aromatic nitrogens is 2. The fourth-order valence-corrected chi connectivity index (χ4v) is 4.88. The summed E-state index contributed by atoms with van der Waals surface area (Å²) < 4.78 is 0. The maximum atomic E-state index is 12.9. The van der Waals surface area contributed by atoms with Crippen LogP contribution >= 0.6 is 23.1 Å². The Balaban J connectivity index is 1.79. The van der Waals surface area contributed by atoms with Crippen LogP contribution < -0.4 is 5.32 Å². The second kappa shape index (κ2) is 8.47. The number of fused-ring (bicyclic) bond motifs is 1. The van der Waals surface area contributed by atoms with E-state index >= 15 is 0 Å². The van der Waals surface area contributed by atoms with E-state index < -0.39 is 6.04 Å². The Morgan fingerprint density at radius 2 is 1.92 bits per heavy atom. The number of likely N-dealkylation sites (tertiary alicyclic amines) is 1. The number of thioether (sulfide) groups is 1. The fraction of sp³-hybridized carbons (Fsp3) is 0.706. The number of amides is 3. The van der Waals surface area contributed by atoms with Crippen LogP contribution in [-0.4, -0.2) is 50.9 Å². The van der Waals surface area contributed by atoms with E-state index in [2.05, 4.69) is 15.5 Å². The smallest absolute Gasteiger partial charge is 0.249 e. The number of hydrogen-bond acceptors (Lipinski definition) is 7. The van der Waals surface area contributed by atoms with Gasteiger partial charge in [0.25, 0.3) is 0 Å². The number of aryl methyl sites for hydroxylation is 1. The normalized spacial score (nSPS) is 23.8. The van der Waals surface area contributed by atoms with Gasteiger partial charge in [0.15, 0.2) is 0 Å². The molecule has 2 fully saturated rings. The number of nitrogens with one attached hydrogen (secondary N) is 1. The first-order valence-corrected chi connectivity index (χ1v) is 11.3. The van der Waals surface area contributed by atoms with Crippen LogP contribution in [0.15, 0.2) is 0 Å². The predicted molar refractivity (Wildman–Crippen MR) is 102 cm³/mol. The number of anilines is 1. The Morgan fingerprint density at radius 3 is 2.46 bits per heavy atom. The van der Waals surface area contributed by atoms with Crippen molar-refractivity contribution in [2.45, 2.75) is 51.5 Å². The van der Waals surface area contributed by atoms with E-state index in [4.69, 9.17) is 0 Å². The highest BCUT2D eigenvalue weighted by atomic mass is 32.2. The fourth-order valence-electron chi connectivity index (χ4n) is 3.74. The van der Waals surface area contributed by atoms with E-state index in [1.165, 1.54) is 16.2 Å². The number of nitrogens with zero attached hydrogens (tertiary/aromatic N) is 3. The Bertz CT molecular complexity index is 669. The number of hydrogen-bond donors (Lipinski definition) is 1. The molecule has 9 heteroatoms. The van der Waals surface area contributed by atoms with Crippen LogP contribution in [0, 0.1) is 11.8 Å². The van der Waals surface area contributed by atoms with Crippen LogP contribution in [0.2, 0.25) is 0 Å². The largest absolute Gasteiger partial charge is 0.299 e. The Morgan fingerprint density at radius 1 is 1.27 bits per heavy atom. The topological polar surface area (TPSA) is 92.3 Å². The molecule has 142 valence electrons. The number of imide groups is 1. The first-order chi connectivity index (χ1) is 12.6. The van der Waals surface area contributed by atoms with Gasteiger partial charge in [-0.25, -0.2) is 0 Å². The first kappa shape index (κ1) is 19.3. The van der Waals surface area contributed by atoms with Gasteiger partial charge in [0.1, 0.15) is 11.0 Å². The van der Waals surface area contributed by atoms with Crippen molar-refractivity contribution >= 4 is 46.0 Å². The summed E-state index contributed by atoms with van der Waals surface area (Å²) in [4.78, 5) is 39.8. The van der Waals surface area contributed by atoms with E-state index in [-0.39, 0.29) is 29.6 Å². The molecule has 2 aliphatic rings. The van der Waals surface area contributed by atoms with E-state index in [0.29, 0.717) is 17.3 Å². The molecule has 1 aromatic rings. The van der Waals surface area contributed by atoms with E-state index in [9.17, 15) is 14.4 Å². The highest BCUT2D eigenvalue weighted by molar-refractivity contribution is 7.98. The van der Waals surface area contributed by atoms with Crippen LogP contribution in [0.4, 0.5) is 5.13 Å². The zero-order valence-electron chi connectivity index (χ0n) is 15.1. The number of carbonyl (C=O) groups excluding carboxylic acids is 3. The zero-order valence-corrected chi connectivity index (χ0v) is 16.7. The van der Waals surface area contributed by atoms with Gasteiger partial charge in [0.05, 0.1) is 11.8 Å². The SMILES string of the molecule is CCc1nnc(NC(=O)[C@H](CCSC)N2C(=O)[C@H]3CCCC[C@@H]3C2=O)s1. The van der Waals surface area contributed by atoms with Gasteiger partial charge >= 0.3 is 0 Å². The molecule has 0 unspecified atom stereocenters. The van der Waals surface area contributed by atoms with Gasteiger partial charge in [-0.1, -0.05) is 31.1 Å². The molecule has 0 bridgehead atoms. The summed E-state index contributed by atoms with van der Waals surface area (Å²) in [6.45, 7) is 1.97. The predicted octanol–water partition coefficient (Wildman–Crippen LogP) is 2.34. The molecule has 3 atom stereocenters. The summed E-state index contributed by atoms with van der Waals surface area (Å²) >= 11 is 2.91. The molecule has 3 rings (SSSR count). The van der Waals surface area contributed by atoms with Gasteiger partial charge in [-0.05, 0) is 37.7 Å². The molecule has 7 nitrogen and oxygen atoms in total. The maximum absolute atomic E-state index is 12.9. The average molecular weight is 397 g/mol. The minimum atomic E-state index is -0.776. The molecule has 0 radical (unpaired) electrons. The average Bonchev–Trinajstić information content (AvgIpc) is 3.20. The lowest BCUT2D eigenvalue weighted by molar-refractivity contribution is -0.146. The number of carbonyl (C=O) groups is 3. The van der Waals surface area contributed by atoms with Crippen molar-refractivity contribution in [1.29, 1.82) is 0 Å². The Kier molecular flexibility index (Phi) is 6.29. The second-order valence-corrected chi connectivity index (χ2v) is 8.73. The van der Waals surface area contributed by atoms with Crippen molar-refractivity contribution in [2.75, 3.05) is 17.3 Å². The molecule has 1 aliphatic carbocycles. The molecule has 1 saturated carbocycles. The van der Waals surface area contributed by atoms with Crippen LogP contribution in [0.5, 0.6) is 0 Å². The van der Waals surface area contributed by atoms with Crippen LogP contribution in [-0.2, 0) is 20.8 Å². The van der Waals surface area contributed by atoms with Gasteiger partial charge in [-0.3, -0.25) is 24.6 Å². The molecule has 1 aromatic heterocycles. The molecule has 0 aromatic carbocycles. The zero-order chi connectivity index (χ0) is 18.7. The summed E-state index contributed by atoms with van der Waals surface area (Å²) in [5.41, 5.74) is 0. The second-order valence-electron chi connectivity index (χ2n) is 6.68. The van der Waals surface area contributed by atoms with E-state index in [0.717, 1.165) is 37.1 Å². The third-order valence-corrected chi connectivity index (χ3v) is 6.71. The molecule has 3 amide bonds. The summed E-state index contributed by atoms with van der Waals surface area (Å²) in [5, 5.41) is 12.0. The molecule has 26 heavy (non-hydrogen) atoms. The van der Waals surface area contributed by atoms with Gasteiger partial charge < -0.3 is 0 Å². The molecule has 0 spiro atoms. The molecule has 1 N–H and O–H groups in total. The van der Waals surface area contributed by atoms with Crippen LogP contribution in [0.1, 0.15) is 44.0 Å².